The van der Waals surface area contributed by atoms with Crippen LogP contribution < -0.4 is 5.48 Å². The second kappa shape index (κ2) is 9.77. The summed E-state index contributed by atoms with van der Waals surface area (Å²) < 4.78 is 75.1. The maximum absolute atomic E-state index is 13.8. The van der Waals surface area contributed by atoms with Gasteiger partial charge in [0.15, 0.2) is 5.69 Å². The minimum Gasteiger partial charge on any atom is -0.381 e. The van der Waals surface area contributed by atoms with Crippen LogP contribution in [0.15, 0.2) is 12.1 Å². The molecule has 1 aliphatic heterocycles. The van der Waals surface area contributed by atoms with E-state index in [0.29, 0.717) is 37.3 Å². The van der Waals surface area contributed by atoms with Gasteiger partial charge in [0, 0.05) is 31.7 Å². The monoisotopic (exact) mass is 489 g/mol. The molecule has 11 heteroatoms. The molecule has 0 spiro atoms. The largest absolute Gasteiger partial charge is 0.435 e. The van der Waals surface area contributed by atoms with Crippen LogP contribution in [0.1, 0.15) is 61.2 Å². The number of carbonyl (C=O) groups is 1. The van der Waals surface area contributed by atoms with Crippen molar-refractivity contribution in [2.24, 2.45) is 5.92 Å². The van der Waals surface area contributed by atoms with Crippen LogP contribution >= 0.6 is 0 Å². The minimum absolute atomic E-state index is 0.0194. The number of amides is 1. The lowest BCUT2D eigenvalue weighted by atomic mass is 9.83. The Balaban J connectivity index is 1.53. The Bertz CT molecular complexity index is 1020. The van der Waals surface area contributed by atoms with Crippen molar-refractivity contribution in [2.45, 2.75) is 76.5 Å². The third kappa shape index (κ3) is 5.86. The van der Waals surface area contributed by atoms with Crippen molar-refractivity contribution in [3.63, 3.8) is 0 Å². The summed E-state index contributed by atoms with van der Waals surface area (Å²) in [6, 6.07) is 3.09. The van der Waals surface area contributed by atoms with Gasteiger partial charge >= 0.3 is 6.18 Å². The Hall–Kier alpha value is -2.27. The molecule has 0 radical (unpaired) electrons. The molecule has 3 heterocycles. The van der Waals surface area contributed by atoms with E-state index in [4.69, 9.17) is 9.57 Å². The molecule has 1 saturated heterocycles. The van der Waals surface area contributed by atoms with E-state index in [2.05, 4.69) is 10.5 Å². The summed E-state index contributed by atoms with van der Waals surface area (Å²) >= 11 is 0. The van der Waals surface area contributed by atoms with Gasteiger partial charge in [0.1, 0.15) is 5.65 Å². The van der Waals surface area contributed by atoms with Gasteiger partial charge in [0.25, 0.3) is 0 Å². The molecule has 34 heavy (non-hydrogen) atoms. The average molecular weight is 489 g/mol. The number of hydrogen-bond acceptors (Lipinski definition) is 4. The number of carbonyl (C=O) groups excluding carboxylic acids is 1. The molecule has 4 rings (SSSR count). The summed E-state index contributed by atoms with van der Waals surface area (Å²) in [6.07, 6.45) is -3.83. The van der Waals surface area contributed by atoms with E-state index in [1.54, 1.807) is 13.0 Å². The summed E-state index contributed by atoms with van der Waals surface area (Å²) in [6.45, 7) is 2.76. The predicted octanol–water partition coefficient (Wildman–Crippen LogP) is 4.80. The number of pyridine rings is 1. The number of aromatic nitrogens is 2. The quantitative estimate of drug-likeness (QED) is 0.468. The highest BCUT2D eigenvalue weighted by Gasteiger charge is 2.40. The van der Waals surface area contributed by atoms with Gasteiger partial charge < -0.3 is 9.14 Å². The van der Waals surface area contributed by atoms with E-state index in [9.17, 15) is 26.7 Å². The number of aryl methyl sites for hydroxylation is 1. The molecular weight excluding hydrogens is 461 g/mol. The lowest BCUT2D eigenvalue weighted by molar-refractivity contribution is -0.143. The second-order valence-electron chi connectivity index (χ2n) is 9.24. The fourth-order valence-electron chi connectivity index (χ4n) is 4.76. The molecule has 0 unspecified atom stereocenters. The first-order valence-corrected chi connectivity index (χ1v) is 11.5. The molecular formula is C23H28F5N3O3. The molecule has 1 aliphatic carbocycles. The van der Waals surface area contributed by atoms with E-state index in [1.807, 2.05) is 0 Å². The van der Waals surface area contributed by atoms with Gasteiger partial charge in [-0.25, -0.2) is 19.2 Å². The molecule has 0 atom stereocenters. The normalized spacial score (nSPS) is 20.1. The number of nitrogens with one attached hydrogen (secondary N) is 1. The van der Waals surface area contributed by atoms with Crippen molar-refractivity contribution >= 4 is 11.6 Å². The van der Waals surface area contributed by atoms with Crippen LogP contribution in [0.3, 0.4) is 0 Å². The summed E-state index contributed by atoms with van der Waals surface area (Å²) in [5.41, 5.74) is 2.46. The van der Waals surface area contributed by atoms with Crippen molar-refractivity contribution in [3.8, 4) is 0 Å². The predicted molar refractivity (Wildman–Crippen MR) is 112 cm³/mol. The number of alkyl halides is 5. The first-order valence-electron chi connectivity index (χ1n) is 11.5. The second-order valence-corrected chi connectivity index (χ2v) is 9.24. The Morgan fingerprint density at radius 2 is 1.88 bits per heavy atom. The standard InChI is InChI=1S/C23H28F5N3O3/c1-14-10-16(13-20(32)30-34-17-4-8-33-9-5-17)12-19-29-21(23(26,27)28)18(31(14)19)11-15-2-6-22(24,25)7-3-15/h10,12,15,17H,2-9,11,13H2,1H3,(H,30,32). The van der Waals surface area contributed by atoms with E-state index >= 15 is 0 Å². The summed E-state index contributed by atoms with van der Waals surface area (Å²) in [5, 5.41) is 0. The SMILES string of the molecule is Cc1cc(CC(=O)NOC2CCOCC2)cc2nc(C(F)(F)F)c(CC3CCC(F)(F)CC3)n12. The van der Waals surface area contributed by atoms with Crippen LogP contribution in [0.5, 0.6) is 0 Å². The maximum Gasteiger partial charge on any atom is 0.435 e. The zero-order valence-electron chi connectivity index (χ0n) is 18.9. The fourth-order valence-corrected chi connectivity index (χ4v) is 4.76. The van der Waals surface area contributed by atoms with Gasteiger partial charge in [0.2, 0.25) is 11.8 Å². The molecule has 0 bridgehead atoms. The van der Waals surface area contributed by atoms with Gasteiger partial charge in [-0.2, -0.15) is 13.2 Å². The summed E-state index contributed by atoms with van der Waals surface area (Å²) in [5.74, 6) is -3.43. The Morgan fingerprint density at radius 3 is 2.53 bits per heavy atom. The van der Waals surface area contributed by atoms with Gasteiger partial charge in [0.05, 0.1) is 18.2 Å². The third-order valence-corrected chi connectivity index (χ3v) is 6.52. The third-order valence-electron chi connectivity index (χ3n) is 6.52. The number of ether oxygens (including phenoxy) is 1. The number of hydrogen-bond donors (Lipinski definition) is 1. The van der Waals surface area contributed by atoms with Crippen LogP contribution in [0.2, 0.25) is 0 Å². The van der Waals surface area contributed by atoms with E-state index in [-0.39, 0.29) is 61.9 Å². The number of rotatable bonds is 6. The van der Waals surface area contributed by atoms with Crippen LogP contribution in [0, 0.1) is 12.8 Å². The molecule has 6 nitrogen and oxygen atoms in total. The number of halogens is 5. The first-order chi connectivity index (χ1) is 16.0. The Kier molecular flexibility index (Phi) is 7.14. The number of nitrogens with zero attached hydrogens (tertiary/aromatic N) is 2. The van der Waals surface area contributed by atoms with Crippen LogP contribution in [-0.4, -0.2) is 40.5 Å². The molecule has 1 saturated carbocycles. The van der Waals surface area contributed by atoms with Crippen molar-refractivity contribution in [1.82, 2.24) is 14.9 Å². The van der Waals surface area contributed by atoms with Gasteiger partial charge in [-0.1, -0.05) is 0 Å². The topological polar surface area (TPSA) is 64.9 Å². The zero-order chi connectivity index (χ0) is 24.5. The Labute approximate surface area is 193 Å². The van der Waals surface area contributed by atoms with Crippen LogP contribution in [0.25, 0.3) is 5.65 Å². The maximum atomic E-state index is 13.8. The Morgan fingerprint density at radius 1 is 1.21 bits per heavy atom. The molecule has 2 aliphatic rings. The molecule has 1 amide bonds. The van der Waals surface area contributed by atoms with Gasteiger partial charge in [-0.15, -0.1) is 0 Å². The van der Waals surface area contributed by atoms with Gasteiger partial charge in [-0.3, -0.25) is 9.63 Å². The number of imidazole rings is 1. The molecule has 1 N–H and O–H groups in total. The smallest absolute Gasteiger partial charge is 0.381 e. The molecule has 2 aromatic rings. The van der Waals surface area contributed by atoms with Gasteiger partial charge in [-0.05, 0) is 62.6 Å². The van der Waals surface area contributed by atoms with E-state index < -0.39 is 23.7 Å². The van der Waals surface area contributed by atoms with Crippen molar-refractivity contribution in [3.05, 3.63) is 34.8 Å². The highest BCUT2D eigenvalue weighted by molar-refractivity contribution is 5.78. The first kappa shape index (κ1) is 24.8. The van der Waals surface area contributed by atoms with Crippen molar-refractivity contribution in [1.29, 1.82) is 0 Å². The van der Waals surface area contributed by atoms with Crippen LogP contribution in [0.4, 0.5) is 22.0 Å². The van der Waals surface area contributed by atoms with Crippen molar-refractivity contribution in [2.75, 3.05) is 13.2 Å². The summed E-state index contributed by atoms with van der Waals surface area (Å²) in [7, 11) is 0. The zero-order valence-corrected chi connectivity index (χ0v) is 18.9. The average Bonchev–Trinajstić information content (AvgIpc) is 3.14. The lowest BCUT2D eigenvalue weighted by Gasteiger charge is -2.28. The summed E-state index contributed by atoms with van der Waals surface area (Å²) in [4.78, 5) is 21.6. The highest BCUT2D eigenvalue weighted by atomic mass is 19.4. The van der Waals surface area contributed by atoms with E-state index in [1.165, 1.54) is 10.5 Å². The number of hydroxylamine groups is 1. The minimum atomic E-state index is -4.68. The molecule has 2 fully saturated rings. The van der Waals surface area contributed by atoms with E-state index in [0.717, 1.165) is 0 Å². The van der Waals surface area contributed by atoms with Crippen molar-refractivity contribution < 1.29 is 36.3 Å². The molecule has 0 aromatic carbocycles. The fraction of sp³-hybridized carbons (Fsp3) is 0.652. The highest BCUT2D eigenvalue weighted by Crippen LogP contribution is 2.40. The molecule has 2 aromatic heterocycles. The van der Waals surface area contributed by atoms with Crippen LogP contribution in [-0.2, 0) is 33.4 Å². The number of fused-ring (bicyclic) bond motifs is 1. The lowest BCUT2D eigenvalue weighted by Crippen LogP contribution is -2.34. The molecule has 188 valence electrons.